The Morgan fingerprint density at radius 3 is 2.83 bits per heavy atom. The molecule has 23 heavy (non-hydrogen) atoms. The molecule has 0 saturated carbocycles. The number of benzene rings is 1. The van der Waals surface area contributed by atoms with E-state index >= 15 is 0 Å². The lowest BCUT2D eigenvalue weighted by molar-refractivity contribution is 0.0527. The first kappa shape index (κ1) is 16.3. The maximum absolute atomic E-state index is 12.2. The number of esters is 1. The van der Waals surface area contributed by atoms with Gasteiger partial charge in [-0.2, -0.15) is 0 Å². The molecule has 0 atom stereocenters. The molecule has 0 aliphatic rings. The van der Waals surface area contributed by atoms with Gasteiger partial charge < -0.3 is 9.47 Å². The average molecular weight is 312 g/mol. The van der Waals surface area contributed by atoms with Crippen LogP contribution in [0.2, 0.25) is 0 Å². The van der Waals surface area contributed by atoms with Gasteiger partial charge in [0, 0.05) is 27.9 Å². The molecular formula is C16H16N4O3. The zero-order valence-corrected chi connectivity index (χ0v) is 12.9. The molecule has 0 aliphatic heterocycles. The van der Waals surface area contributed by atoms with Gasteiger partial charge in [-0.25, -0.2) is 4.79 Å². The predicted molar refractivity (Wildman–Crippen MR) is 85.0 cm³/mol. The number of aromatic nitrogens is 1. The van der Waals surface area contributed by atoms with Gasteiger partial charge >= 0.3 is 5.97 Å². The number of para-hydroxylation sites is 1. The number of nitrogens with zero attached hydrogens (tertiary/aromatic N) is 4. The third-order valence-corrected chi connectivity index (χ3v) is 3.15. The molecule has 7 nitrogen and oxygen atoms in total. The summed E-state index contributed by atoms with van der Waals surface area (Å²) in [6.45, 7) is 2.11. The molecule has 0 N–H and O–H groups in total. The van der Waals surface area contributed by atoms with E-state index in [9.17, 15) is 4.79 Å². The quantitative estimate of drug-likeness (QED) is 0.351. The van der Waals surface area contributed by atoms with Crippen molar-refractivity contribution in [2.45, 2.75) is 13.5 Å². The van der Waals surface area contributed by atoms with Crippen LogP contribution in [-0.2, 0) is 11.3 Å². The van der Waals surface area contributed by atoms with E-state index in [2.05, 4.69) is 15.0 Å². The number of ether oxygens (including phenoxy) is 2. The highest BCUT2D eigenvalue weighted by atomic mass is 16.5. The van der Waals surface area contributed by atoms with Crippen molar-refractivity contribution in [3.63, 3.8) is 0 Å². The molecule has 0 unspecified atom stereocenters. The van der Waals surface area contributed by atoms with Crippen LogP contribution in [0.5, 0.6) is 5.75 Å². The summed E-state index contributed by atoms with van der Waals surface area (Å²) in [6, 6.07) is 9.04. The fraction of sp³-hybridized carbons (Fsp3) is 0.250. The smallest absolute Gasteiger partial charge is 0.340 e. The lowest BCUT2D eigenvalue weighted by Gasteiger charge is -2.13. The molecular weight excluding hydrogens is 296 g/mol. The Labute approximate surface area is 133 Å². The third kappa shape index (κ3) is 3.78. The minimum atomic E-state index is -0.462. The van der Waals surface area contributed by atoms with Gasteiger partial charge in [-0.15, -0.1) is 0 Å². The standard InChI is InChI=1S/C16H16N4O3/c1-3-23-16(21)14-10-18-11(9-19-20-17)8-13(14)12-6-4-5-7-15(12)22-2/h4-8,10H,3,9H2,1-2H3. The van der Waals surface area contributed by atoms with Gasteiger partial charge in [0.2, 0.25) is 0 Å². The molecule has 0 radical (unpaired) electrons. The number of carbonyl (C=O) groups excluding carboxylic acids is 1. The Morgan fingerprint density at radius 2 is 2.13 bits per heavy atom. The van der Waals surface area contributed by atoms with Crippen molar-refractivity contribution in [2.24, 2.45) is 5.11 Å². The monoisotopic (exact) mass is 312 g/mol. The van der Waals surface area contributed by atoms with Gasteiger partial charge in [-0.1, -0.05) is 23.3 Å². The van der Waals surface area contributed by atoms with Crippen molar-refractivity contribution in [3.05, 3.63) is 58.2 Å². The minimum Gasteiger partial charge on any atom is -0.496 e. The summed E-state index contributed by atoms with van der Waals surface area (Å²) in [7, 11) is 1.56. The largest absolute Gasteiger partial charge is 0.496 e. The first-order valence-electron chi connectivity index (χ1n) is 7.01. The number of hydrogen-bond donors (Lipinski definition) is 0. The second-order valence-electron chi connectivity index (χ2n) is 4.53. The molecule has 1 aromatic heterocycles. The van der Waals surface area contributed by atoms with Crippen molar-refractivity contribution < 1.29 is 14.3 Å². The van der Waals surface area contributed by atoms with Crippen LogP contribution >= 0.6 is 0 Å². The van der Waals surface area contributed by atoms with Gasteiger partial charge in [0.05, 0.1) is 25.8 Å². The van der Waals surface area contributed by atoms with Crippen molar-refractivity contribution in [3.8, 4) is 16.9 Å². The minimum absolute atomic E-state index is 0.0990. The molecule has 118 valence electrons. The second-order valence-corrected chi connectivity index (χ2v) is 4.53. The van der Waals surface area contributed by atoms with Crippen molar-refractivity contribution in [1.29, 1.82) is 0 Å². The van der Waals surface area contributed by atoms with E-state index in [1.165, 1.54) is 6.20 Å². The zero-order valence-electron chi connectivity index (χ0n) is 12.9. The van der Waals surface area contributed by atoms with Crippen LogP contribution in [0.15, 0.2) is 41.6 Å². The van der Waals surface area contributed by atoms with Gasteiger partial charge in [-0.3, -0.25) is 4.98 Å². The number of hydrogen-bond acceptors (Lipinski definition) is 5. The van der Waals surface area contributed by atoms with Gasteiger partial charge in [0.25, 0.3) is 0 Å². The highest BCUT2D eigenvalue weighted by Gasteiger charge is 2.18. The Hall–Kier alpha value is -3.05. The molecule has 2 rings (SSSR count). The second kappa shape index (κ2) is 7.82. The lowest BCUT2D eigenvalue weighted by atomic mass is 9.99. The van der Waals surface area contributed by atoms with E-state index in [-0.39, 0.29) is 13.2 Å². The van der Waals surface area contributed by atoms with Crippen LogP contribution in [-0.4, -0.2) is 24.7 Å². The van der Waals surface area contributed by atoms with Crippen LogP contribution in [0.1, 0.15) is 23.0 Å². The maximum atomic E-state index is 12.2. The normalized spacial score (nSPS) is 9.83. The van der Waals surface area contributed by atoms with Crippen LogP contribution < -0.4 is 4.74 Å². The first-order chi connectivity index (χ1) is 11.2. The first-order valence-corrected chi connectivity index (χ1v) is 7.01. The molecule has 0 aliphatic carbocycles. The van der Waals surface area contributed by atoms with Crippen molar-refractivity contribution in [2.75, 3.05) is 13.7 Å². The van der Waals surface area contributed by atoms with Crippen LogP contribution in [0.3, 0.4) is 0 Å². The number of pyridine rings is 1. The summed E-state index contributed by atoms with van der Waals surface area (Å²) in [5.74, 6) is 0.162. The molecule has 1 heterocycles. The maximum Gasteiger partial charge on any atom is 0.340 e. The fourth-order valence-electron chi connectivity index (χ4n) is 2.15. The molecule has 0 saturated heterocycles. The summed E-state index contributed by atoms with van der Waals surface area (Å²) in [5.41, 5.74) is 10.7. The summed E-state index contributed by atoms with van der Waals surface area (Å²) >= 11 is 0. The number of carbonyl (C=O) groups is 1. The Balaban J connectivity index is 2.60. The average Bonchev–Trinajstić information content (AvgIpc) is 2.59. The topological polar surface area (TPSA) is 97.2 Å². The zero-order chi connectivity index (χ0) is 16.7. The lowest BCUT2D eigenvalue weighted by Crippen LogP contribution is -2.08. The number of rotatable bonds is 6. The molecule has 0 amide bonds. The van der Waals surface area contributed by atoms with Crippen LogP contribution in [0, 0.1) is 0 Å². The molecule has 2 aromatic rings. The van der Waals surface area contributed by atoms with E-state index in [1.807, 2.05) is 18.2 Å². The summed E-state index contributed by atoms with van der Waals surface area (Å²) in [4.78, 5) is 19.1. The van der Waals surface area contributed by atoms with Gasteiger partial charge in [0.1, 0.15) is 5.75 Å². The molecule has 7 heteroatoms. The molecule has 0 fully saturated rings. The Morgan fingerprint density at radius 1 is 1.35 bits per heavy atom. The predicted octanol–water partition coefficient (Wildman–Crippen LogP) is 3.74. The van der Waals surface area contributed by atoms with Gasteiger partial charge in [-0.05, 0) is 24.6 Å². The highest BCUT2D eigenvalue weighted by Crippen LogP contribution is 2.32. The van der Waals surface area contributed by atoms with E-state index in [0.717, 1.165) is 5.56 Å². The number of methoxy groups -OCH3 is 1. The highest BCUT2D eigenvalue weighted by molar-refractivity contribution is 5.97. The van der Waals surface area contributed by atoms with E-state index < -0.39 is 5.97 Å². The molecule has 0 spiro atoms. The van der Waals surface area contributed by atoms with Crippen LogP contribution in [0.4, 0.5) is 0 Å². The Kier molecular flexibility index (Phi) is 5.55. The van der Waals surface area contributed by atoms with E-state index in [0.29, 0.717) is 22.6 Å². The van der Waals surface area contributed by atoms with Crippen LogP contribution in [0.25, 0.3) is 21.6 Å². The SMILES string of the molecule is CCOC(=O)c1cnc(CN=[N+]=[N-])cc1-c1ccccc1OC. The third-order valence-electron chi connectivity index (χ3n) is 3.15. The summed E-state index contributed by atoms with van der Waals surface area (Å²) in [5, 5.41) is 3.50. The molecule has 0 bridgehead atoms. The van der Waals surface area contributed by atoms with E-state index in [1.54, 1.807) is 26.2 Å². The van der Waals surface area contributed by atoms with Crippen molar-refractivity contribution >= 4 is 5.97 Å². The summed E-state index contributed by atoms with van der Waals surface area (Å²) in [6.07, 6.45) is 1.43. The van der Waals surface area contributed by atoms with Crippen molar-refractivity contribution in [1.82, 2.24) is 4.98 Å². The number of azide groups is 1. The fourth-order valence-corrected chi connectivity index (χ4v) is 2.15. The van der Waals surface area contributed by atoms with E-state index in [4.69, 9.17) is 15.0 Å². The van der Waals surface area contributed by atoms with Gasteiger partial charge in [0.15, 0.2) is 0 Å². The molecule has 1 aromatic carbocycles. The summed E-state index contributed by atoms with van der Waals surface area (Å²) < 4.78 is 10.4. The Bertz CT molecular complexity index is 755.